The molecule has 2 amide bonds. The van der Waals surface area contributed by atoms with E-state index in [1.54, 1.807) is 43.0 Å². The Morgan fingerprint density at radius 3 is 2.80 bits per heavy atom. The van der Waals surface area contributed by atoms with Gasteiger partial charge in [-0.15, -0.1) is 11.8 Å². The number of aromatic amines is 1. The normalized spacial score (nSPS) is 13.6. The quantitative estimate of drug-likeness (QED) is 0.232. The number of rotatable bonds is 8. The minimum Gasteiger partial charge on any atom is -0.395 e. The Kier molecular flexibility index (Phi) is 7.76. The van der Waals surface area contributed by atoms with Gasteiger partial charge in [-0.1, -0.05) is 17.7 Å². The number of halogens is 2. The molecular weight excluding hydrogens is 509 g/mol. The Bertz CT molecular complexity index is 1340. The van der Waals surface area contributed by atoms with Crippen molar-refractivity contribution in [2.45, 2.75) is 24.5 Å². The third-order valence-electron chi connectivity index (χ3n) is 5.71. The molecule has 0 aliphatic carbocycles. The van der Waals surface area contributed by atoms with E-state index < -0.39 is 0 Å². The lowest BCUT2D eigenvalue weighted by atomic mass is 10.0. The van der Waals surface area contributed by atoms with Crippen molar-refractivity contribution < 1.29 is 19.0 Å². The largest absolute Gasteiger partial charge is 0.395 e. The number of aromatic nitrogens is 1. The monoisotopic (exact) mass is 531 g/mol. The first-order valence-electron chi connectivity index (χ1n) is 10.8. The minimum absolute atomic E-state index is 0.140. The summed E-state index contributed by atoms with van der Waals surface area (Å²) in [5.74, 6) is 0.540. The molecule has 1 aliphatic rings. The van der Waals surface area contributed by atoms with Crippen LogP contribution in [0.25, 0.3) is 11.6 Å². The maximum Gasteiger partial charge on any atom is 0.256 e. The van der Waals surface area contributed by atoms with Gasteiger partial charge in [-0.3, -0.25) is 9.59 Å². The van der Waals surface area contributed by atoms with Crippen molar-refractivity contribution >= 4 is 64.4 Å². The Morgan fingerprint density at radius 2 is 2.06 bits per heavy atom. The number of nitrogens with one attached hydrogen (secondary N) is 3. The van der Waals surface area contributed by atoms with Crippen LogP contribution in [0.5, 0.6) is 5.75 Å². The van der Waals surface area contributed by atoms with E-state index in [1.807, 2.05) is 25.1 Å². The van der Waals surface area contributed by atoms with Crippen LogP contribution in [0.15, 0.2) is 41.3 Å². The summed E-state index contributed by atoms with van der Waals surface area (Å²) in [7, 11) is 0. The zero-order chi connectivity index (χ0) is 25.1. The summed E-state index contributed by atoms with van der Waals surface area (Å²) >= 11 is 13.4. The van der Waals surface area contributed by atoms with Gasteiger partial charge in [0.05, 0.1) is 17.7 Å². The third kappa shape index (κ3) is 5.21. The van der Waals surface area contributed by atoms with Gasteiger partial charge in [0.25, 0.3) is 11.8 Å². The van der Waals surface area contributed by atoms with Crippen LogP contribution in [0, 0.1) is 13.8 Å². The molecule has 1 aliphatic heterocycles. The van der Waals surface area contributed by atoms with Gasteiger partial charge >= 0.3 is 0 Å². The van der Waals surface area contributed by atoms with Gasteiger partial charge in [0.2, 0.25) is 0 Å². The Morgan fingerprint density at radius 1 is 1.26 bits per heavy atom. The zero-order valence-corrected chi connectivity index (χ0v) is 21.3. The molecule has 0 fully saturated rings. The molecule has 2 heterocycles. The van der Waals surface area contributed by atoms with Crippen LogP contribution in [0.2, 0.25) is 5.02 Å². The average Bonchev–Trinajstić information content (AvgIpc) is 3.30. The molecule has 2 aromatic carbocycles. The molecule has 0 saturated heterocycles. The fraction of sp³-hybridized carbons (Fsp3) is 0.200. The summed E-state index contributed by atoms with van der Waals surface area (Å²) in [6, 6.07) is 11.0. The number of hydrogen-bond donors (Lipinski definition) is 4. The smallest absolute Gasteiger partial charge is 0.256 e. The number of thioether (sulfide) groups is 1. The molecule has 0 radical (unpaired) electrons. The number of hydrogen-bond acceptors (Lipinski definition) is 5. The van der Waals surface area contributed by atoms with Crippen molar-refractivity contribution in [3.63, 3.8) is 0 Å². The topological polar surface area (TPSA) is 103 Å². The number of aryl methyl sites for hydroxylation is 1. The molecule has 7 nitrogen and oxygen atoms in total. The van der Waals surface area contributed by atoms with Crippen LogP contribution in [0.1, 0.15) is 38.4 Å². The van der Waals surface area contributed by atoms with Gasteiger partial charge in [-0.05, 0) is 55.8 Å². The van der Waals surface area contributed by atoms with Gasteiger partial charge in [0.15, 0.2) is 5.75 Å². The van der Waals surface area contributed by atoms with Crippen LogP contribution < -0.4 is 14.9 Å². The Hall–Kier alpha value is -2.91. The standard InChI is InChI=1S/C25H23Cl2N3O4S/c1-13-21(29-14(2)23(13)25(33)28-8-9-31)11-17-16-10-15(6-7-20(16)30-24(17)32)35-12-18-19(26)4-3-5-22(18)34-27/h3-7,10-11,29,31H,8-9,12H2,1-2H3,(H,28,33)(H,30,32)/b17-11-. The summed E-state index contributed by atoms with van der Waals surface area (Å²) < 4.78 is 4.91. The van der Waals surface area contributed by atoms with E-state index in [9.17, 15) is 9.59 Å². The molecule has 182 valence electrons. The van der Waals surface area contributed by atoms with Crippen LogP contribution >= 0.6 is 35.2 Å². The summed E-state index contributed by atoms with van der Waals surface area (Å²) in [6.45, 7) is 3.65. The number of aliphatic hydroxyl groups excluding tert-OH is 1. The zero-order valence-electron chi connectivity index (χ0n) is 19.0. The van der Waals surface area contributed by atoms with Crippen molar-refractivity contribution in [3.8, 4) is 5.75 Å². The second-order valence-electron chi connectivity index (χ2n) is 7.95. The van der Waals surface area contributed by atoms with Gasteiger partial charge < -0.3 is 25.0 Å². The Balaban J connectivity index is 1.62. The van der Waals surface area contributed by atoms with Gasteiger partial charge in [-0.25, -0.2) is 0 Å². The molecule has 10 heteroatoms. The number of anilines is 1. The van der Waals surface area contributed by atoms with Gasteiger partial charge in [-0.2, -0.15) is 0 Å². The van der Waals surface area contributed by atoms with Crippen LogP contribution in [0.3, 0.4) is 0 Å². The van der Waals surface area contributed by atoms with E-state index >= 15 is 0 Å². The Labute approximate surface area is 217 Å². The average molecular weight is 532 g/mol. The number of carbonyl (C=O) groups excluding carboxylic acids is 2. The summed E-state index contributed by atoms with van der Waals surface area (Å²) in [6.07, 6.45) is 1.76. The first kappa shape index (κ1) is 25.2. The molecule has 3 aromatic rings. The number of fused-ring (bicyclic) bond motifs is 1. The predicted molar refractivity (Wildman–Crippen MR) is 140 cm³/mol. The van der Waals surface area contributed by atoms with E-state index in [4.69, 9.17) is 32.9 Å². The highest BCUT2D eigenvalue weighted by Crippen LogP contribution is 2.39. The second kappa shape index (κ2) is 10.8. The van der Waals surface area contributed by atoms with Crippen molar-refractivity contribution in [1.82, 2.24) is 10.3 Å². The van der Waals surface area contributed by atoms with E-state index in [2.05, 4.69) is 15.6 Å². The lowest BCUT2D eigenvalue weighted by molar-refractivity contribution is -0.110. The molecule has 0 bridgehead atoms. The molecule has 4 N–H and O–H groups in total. The molecule has 0 saturated carbocycles. The first-order valence-corrected chi connectivity index (χ1v) is 12.5. The van der Waals surface area contributed by atoms with Crippen LogP contribution in [-0.2, 0) is 10.5 Å². The summed E-state index contributed by atoms with van der Waals surface area (Å²) in [5, 5.41) is 15.1. The lowest BCUT2D eigenvalue weighted by Gasteiger charge is -2.09. The van der Waals surface area contributed by atoms with Crippen LogP contribution in [0.4, 0.5) is 5.69 Å². The molecule has 35 heavy (non-hydrogen) atoms. The molecule has 0 spiro atoms. The lowest BCUT2D eigenvalue weighted by Crippen LogP contribution is -2.27. The van der Waals surface area contributed by atoms with Crippen molar-refractivity contribution in [2.24, 2.45) is 0 Å². The SMILES string of the molecule is Cc1[nH]c(/C=C2\C(=O)Nc3ccc(SCc4c(Cl)cccc4OCl)cc32)c(C)c1C(=O)NCCO. The summed E-state index contributed by atoms with van der Waals surface area (Å²) in [4.78, 5) is 29.4. The highest BCUT2D eigenvalue weighted by molar-refractivity contribution is 7.98. The van der Waals surface area contributed by atoms with Crippen LogP contribution in [-0.4, -0.2) is 35.1 Å². The number of amides is 2. The van der Waals surface area contributed by atoms with Crippen molar-refractivity contribution in [3.05, 3.63) is 75.1 Å². The van der Waals surface area contributed by atoms with E-state index in [-0.39, 0.29) is 25.0 Å². The van der Waals surface area contributed by atoms with Crippen molar-refractivity contribution in [2.75, 3.05) is 18.5 Å². The highest BCUT2D eigenvalue weighted by atomic mass is 35.5. The van der Waals surface area contributed by atoms with Gasteiger partial charge in [0.1, 0.15) is 11.9 Å². The van der Waals surface area contributed by atoms with E-state index in [1.165, 1.54) is 0 Å². The first-order chi connectivity index (χ1) is 16.8. The van der Waals surface area contributed by atoms with E-state index in [0.29, 0.717) is 39.0 Å². The predicted octanol–water partition coefficient (Wildman–Crippen LogP) is 5.32. The number of carbonyl (C=O) groups is 2. The third-order valence-corrected chi connectivity index (χ3v) is 7.25. The fourth-order valence-corrected chi connectivity index (χ4v) is 5.40. The fourth-order valence-electron chi connectivity index (χ4n) is 3.97. The number of aliphatic hydroxyl groups is 1. The minimum atomic E-state index is -0.273. The molecule has 4 rings (SSSR count). The molecular formula is C25H23Cl2N3O4S. The molecule has 1 aromatic heterocycles. The maximum absolute atomic E-state index is 12.8. The number of benzene rings is 2. The highest BCUT2D eigenvalue weighted by Gasteiger charge is 2.26. The second-order valence-corrected chi connectivity index (χ2v) is 9.56. The molecule has 0 atom stereocenters. The maximum atomic E-state index is 12.8. The van der Waals surface area contributed by atoms with E-state index in [0.717, 1.165) is 27.3 Å². The van der Waals surface area contributed by atoms with Gasteiger partial charge in [0, 0.05) is 50.4 Å². The number of H-pyrrole nitrogens is 1. The van der Waals surface area contributed by atoms with Crippen molar-refractivity contribution in [1.29, 1.82) is 0 Å². The summed E-state index contributed by atoms with van der Waals surface area (Å²) in [5.41, 5.74) is 5.36. The molecule has 0 unspecified atom stereocenters.